The molecule has 2 rings (SSSR count). The van der Waals surface area contributed by atoms with Crippen LogP contribution in [0.1, 0.15) is 27.7 Å². The molecule has 20 heavy (non-hydrogen) atoms. The van der Waals surface area contributed by atoms with Crippen LogP contribution in [0.2, 0.25) is 0 Å². The first kappa shape index (κ1) is 17.8. The Kier molecular flexibility index (Phi) is 6.33. The highest BCUT2D eigenvalue weighted by molar-refractivity contribution is 4.85. The van der Waals surface area contributed by atoms with E-state index in [1.807, 2.05) is 13.8 Å². The van der Waals surface area contributed by atoms with Gasteiger partial charge < -0.3 is 20.1 Å². The molecule has 3 N–H and O–H groups in total. The smallest absolute Gasteiger partial charge is 0.393 e. The summed E-state index contributed by atoms with van der Waals surface area (Å²) in [5.41, 5.74) is 0. The van der Waals surface area contributed by atoms with Gasteiger partial charge in [-0.25, -0.2) is 0 Å². The predicted octanol–water partition coefficient (Wildman–Crippen LogP) is -0.177. The first-order chi connectivity index (χ1) is 9.20. The van der Waals surface area contributed by atoms with E-state index in [4.69, 9.17) is 29.2 Å². The molecule has 0 aromatic rings. The summed E-state index contributed by atoms with van der Waals surface area (Å²) in [5.74, 6) is -0.176. The molecule has 4 atom stereocenters. The quantitative estimate of drug-likeness (QED) is 0.662. The summed E-state index contributed by atoms with van der Waals surface area (Å²) in [6.45, 7) is 7.39. The number of fused-ring (bicyclic) bond motifs is 2. The van der Waals surface area contributed by atoms with E-state index in [1.165, 1.54) is 0 Å². The fourth-order valence-corrected chi connectivity index (χ4v) is 2.31. The molecule has 2 fully saturated rings. The minimum Gasteiger partial charge on any atom is -0.393 e. The molecule has 2 aliphatic rings. The number of hydrogen-bond acceptors (Lipinski definition) is 7. The molecule has 2 aliphatic heterocycles. The van der Waals surface area contributed by atoms with Crippen molar-refractivity contribution in [1.82, 2.24) is 0 Å². The van der Waals surface area contributed by atoms with E-state index in [-0.39, 0.29) is 24.2 Å². The minimum atomic E-state index is -1.75. The second kappa shape index (κ2) is 7.13. The van der Waals surface area contributed by atoms with Gasteiger partial charge in [0.1, 0.15) is 6.10 Å². The summed E-state index contributed by atoms with van der Waals surface area (Å²) in [5, 5.41) is 27.4. The van der Waals surface area contributed by atoms with Gasteiger partial charge in [0.05, 0.1) is 31.0 Å². The van der Waals surface area contributed by atoms with Gasteiger partial charge in [0.2, 0.25) is 0 Å². The molecular formula is C13H26O7. The molecule has 0 radical (unpaired) electrons. The minimum absolute atomic E-state index is 0.0752. The van der Waals surface area contributed by atoms with Crippen LogP contribution in [0.3, 0.4) is 0 Å². The van der Waals surface area contributed by atoms with Gasteiger partial charge in [0.15, 0.2) is 0 Å². The molecular weight excluding hydrogens is 268 g/mol. The van der Waals surface area contributed by atoms with Crippen molar-refractivity contribution >= 4 is 0 Å². The van der Waals surface area contributed by atoms with Crippen LogP contribution >= 0.6 is 0 Å². The van der Waals surface area contributed by atoms with Crippen molar-refractivity contribution in [2.75, 3.05) is 13.7 Å². The van der Waals surface area contributed by atoms with Crippen molar-refractivity contribution in [3.05, 3.63) is 0 Å². The van der Waals surface area contributed by atoms with E-state index in [2.05, 4.69) is 0 Å². The molecule has 2 saturated heterocycles. The van der Waals surface area contributed by atoms with Crippen molar-refractivity contribution in [2.24, 2.45) is 5.92 Å². The molecule has 7 nitrogen and oxygen atoms in total. The van der Waals surface area contributed by atoms with Gasteiger partial charge >= 0.3 is 6.16 Å². The van der Waals surface area contributed by atoms with Gasteiger partial charge in [-0.1, -0.05) is 0 Å². The monoisotopic (exact) mass is 294 g/mol. The zero-order chi connectivity index (χ0) is 15.5. The number of methoxy groups -OCH3 is 1. The Labute approximate surface area is 119 Å². The molecule has 0 aromatic heterocycles. The molecule has 120 valence electrons. The van der Waals surface area contributed by atoms with Crippen molar-refractivity contribution in [2.45, 2.75) is 64.4 Å². The molecule has 0 aliphatic carbocycles. The molecule has 0 saturated carbocycles. The molecule has 2 heterocycles. The van der Waals surface area contributed by atoms with E-state index in [1.54, 1.807) is 21.0 Å². The van der Waals surface area contributed by atoms with Crippen molar-refractivity contribution in [3.8, 4) is 0 Å². The predicted molar refractivity (Wildman–Crippen MR) is 69.6 cm³/mol. The van der Waals surface area contributed by atoms with Crippen molar-refractivity contribution in [1.29, 1.82) is 0 Å². The van der Waals surface area contributed by atoms with Crippen molar-refractivity contribution < 1.29 is 34.3 Å². The largest absolute Gasteiger partial charge is 0.411 e. The third kappa shape index (κ3) is 4.36. The van der Waals surface area contributed by atoms with Gasteiger partial charge in [-0.2, -0.15) is 0 Å². The van der Waals surface area contributed by atoms with E-state index < -0.39 is 18.4 Å². The fraction of sp³-hybridized carbons (Fsp3) is 1.00. The Bertz CT molecular complexity index is 274. The van der Waals surface area contributed by atoms with Gasteiger partial charge in [-0.3, -0.25) is 14.2 Å². The summed E-state index contributed by atoms with van der Waals surface area (Å²) >= 11 is 0. The first-order valence-electron chi connectivity index (χ1n) is 6.81. The molecule has 0 spiro atoms. The SMILES string of the molecule is CC1OC2(O)OC(C)C1O2.COCC(C(C)O)C(C)O. The number of aliphatic hydroxyl groups excluding tert-OH is 2. The Hall–Kier alpha value is -0.280. The van der Waals surface area contributed by atoms with Crippen LogP contribution in [-0.4, -0.2) is 65.7 Å². The second-order valence-corrected chi connectivity index (χ2v) is 5.35. The standard InChI is InChI=1S/C7H16O3.C6H10O4/c1-5(8)7(4-10-3)6(2)9;1-3-5-4(2)9-6(7,8-3)10-5/h5-9H,4H2,1-3H3;3-5,7H,1-2H3. The highest BCUT2D eigenvalue weighted by atomic mass is 17.0. The summed E-state index contributed by atoms with van der Waals surface area (Å²) in [7, 11) is 1.55. The normalized spacial score (nSPS) is 39.9. The summed E-state index contributed by atoms with van der Waals surface area (Å²) < 4.78 is 19.7. The third-order valence-corrected chi connectivity index (χ3v) is 3.48. The van der Waals surface area contributed by atoms with Crippen LogP contribution in [0.4, 0.5) is 0 Å². The molecule has 4 unspecified atom stereocenters. The molecule has 0 amide bonds. The Morgan fingerprint density at radius 2 is 1.50 bits per heavy atom. The third-order valence-electron chi connectivity index (χ3n) is 3.48. The number of rotatable bonds is 4. The maximum Gasteiger partial charge on any atom is 0.411 e. The average Bonchev–Trinajstić information content (AvgIpc) is 2.76. The lowest BCUT2D eigenvalue weighted by atomic mass is 9.99. The number of aliphatic hydroxyl groups is 3. The van der Waals surface area contributed by atoms with Gasteiger partial charge in [-0.05, 0) is 27.7 Å². The Balaban J connectivity index is 0.000000200. The van der Waals surface area contributed by atoms with Crippen molar-refractivity contribution in [3.63, 3.8) is 0 Å². The second-order valence-electron chi connectivity index (χ2n) is 5.35. The van der Waals surface area contributed by atoms with Gasteiger partial charge in [0, 0.05) is 13.0 Å². The van der Waals surface area contributed by atoms with Crippen LogP contribution in [-0.2, 0) is 18.9 Å². The topological polar surface area (TPSA) is 97.6 Å². The van der Waals surface area contributed by atoms with Gasteiger partial charge in [0.25, 0.3) is 0 Å². The van der Waals surface area contributed by atoms with E-state index in [0.717, 1.165) is 0 Å². The van der Waals surface area contributed by atoms with Gasteiger partial charge in [-0.15, -0.1) is 0 Å². The lowest BCUT2D eigenvalue weighted by molar-refractivity contribution is -0.434. The lowest BCUT2D eigenvalue weighted by Gasteiger charge is -2.23. The lowest BCUT2D eigenvalue weighted by Crippen LogP contribution is -2.39. The number of ether oxygens (including phenoxy) is 4. The fourth-order valence-electron chi connectivity index (χ4n) is 2.31. The van der Waals surface area contributed by atoms with Crippen LogP contribution < -0.4 is 0 Å². The van der Waals surface area contributed by atoms with Crippen LogP contribution in [0.25, 0.3) is 0 Å². The average molecular weight is 294 g/mol. The molecule has 0 aromatic carbocycles. The molecule has 2 bridgehead atoms. The highest BCUT2D eigenvalue weighted by Gasteiger charge is 2.56. The summed E-state index contributed by atoms with van der Waals surface area (Å²) in [6, 6.07) is 0. The van der Waals surface area contributed by atoms with Crippen LogP contribution in [0, 0.1) is 5.92 Å². The van der Waals surface area contributed by atoms with Crippen LogP contribution in [0.5, 0.6) is 0 Å². The number of hydrogen-bond donors (Lipinski definition) is 3. The maximum atomic E-state index is 9.22. The maximum absolute atomic E-state index is 9.22. The zero-order valence-corrected chi connectivity index (χ0v) is 12.6. The summed E-state index contributed by atoms with van der Waals surface area (Å²) in [4.78, 5) is 0. The Morgan fingerprint density at radius 1 is 1.05 bits per heavy atom. The van der Waals surface area contributed by atoms with E-state index >= 15 is 0 Å². The van der Waals surface area contributed by atoms with E-state index in [9.17, 15) is 5.11 Å². The van der Waals surface area contributed by atoms with Crippen LogP contribution in [0.15, 0.2) is 0 Å². The Morgan fingerprint density at radius 3 is 1.65 bits per heavy atom. The first-order valence-corrected chi connectivity index (χ1v) is 6.81. The highest BCUT2D eigenvalue weighted by Crippen LogP contribution is 2.38. The van der Waals surface area contributed by atoms with E-state index in [0.29, 0.717) is 6.61 Å². The summed E-state index contributed by atoms with van der Waals surface area (Å²) in [6.07, 6.45) is -3.05. The zero-order valence-electron chi connectivity index (χ0n) is 12.6. The molecule has 7 heteroatoms.